The van der Waals surface area contributed by atoms with Crippen molar-refractivity contribution in [2.75, 3.05) is 21.3 Å². The van der Waals surface area contributed by atoms with Gasteiger partial charge in [0.25, 0.3) is 5.91 Å². The lowest BCUT2D eigenvalue weighted by Crippen LogP contribution is -2.37. The number of carboxylic acid groups (broad SMARTS) is 1. The summed E-state index contributed by atoms with van der Waals surface area (Å²) in [6.45, 7) is 0. The number of nitrogens with zero attached hydrogens (tertiary/aromatic N) is 1. The molecule has 1 aliphatic heterocycles. The van der Waals surface area contributed by atoms with Crippen LogP contribution in [0.15, 0.2) is 47.4 Å². The van der Waals surface area contributed by atoms with Crippen molar-refractivity contribution in [2.24, 2.45) is 0 Å². The maximum absolute atomic E-state index is 13.1. The molecule has 3 rings (SSSR count). The smallest absolute Gasteiger partial charge is 0.331 e. The molecule has 1 fully saturated rings. The van der Waals surface area contributed by atoms with Crippen molar-refractivity contribution in [2.45, 2.75) is 6.04 Å². The molecule has 9 heteroatoms. The molecule has 0 aromatic heterocycles. The van der Waals surface area contributed by atoms with Gasteiger partial charge in [-0.1, -0.05) is 54.3 Å². The zero-order chi connectivity index (χ0) is 21.8. The lowest BCUT2D eigenvalue weighted by atomic mass is 10.1. The number of aliphatic carboxylic acids is 1. The Bertz CT molecular complexity index is 996. The van der Waals surface area contributed by atoms with Crippen LogP contribution in [0.25, 0.3) is 6.08 Å². The summed E-state index contributed by atoms with van der Waals surface area (Å²) in [4.78, 5) is 26.5. The van der Waals surface area contributed by atoms with Gasteiger partial charge in [0, 0.05) is 0 Å². The van der Waals surface area contributed by atoms with Gasteiger partial charge in [-0.15, -0.1) is 0 Å². The van der Waals surface area contributed by atoms with Crippen molar-refractivity contribution in [3.63, 3.8) is 0 Å². The van der Waals surface area contributed by atoms with Gasteiger partial charge >= 0.3 is 5.97 Å². The maximum atomic E-state index is 13.1. The summed E-state index contributed by atoms with van der Waals surface area (Å²) in [5.41, 5.74) is 1.09. The topological polar surface area (TPSA) is 85.3 Å². The third-order valence-corrected chi connectivity index (χ3v) is 5.75. The fraction of sp³-hybridized carbons (Fsp3) is 0.190. The minimum absolute atomic E-state index is 0.176. The van der Waals surface area contributed by atoms with Crippen LogP contribution in [0.4, 0.5) is 0 Å². The van der Waals surface area contributed by atoms with E-state index in [0.29, 0.717) is 33.3 Å². The van der Waals surface area contributed by atoms with Gasteiger partial charge in [-0.3, -0.25) is 9.69 Å². The van der Waals surface area contributed by atoms with Crippen LogP contribution in [-0.2, 0) is 9.59 Å². The number of methoxy groups -OCH3 is 3. The Hall–Kier alpha value is -3.04. The molecular formula is C21H19NO6S2. The molecule has 1 N–H and O–H groups in total. The van der Waals surface area contributed by atoms with E-state index < -0.39 is 17.9 Å². The van der Waals surface area contributed by atoms with Gasteiger partial charge in [0.1, 0.15) is 4.32 Å². The molecule has 0 bridgehead atoms. The minimum atomic E-state index is -1.20. The standard InChI is InChI=1S/C21H19NO6S2/c1-26-14-9-12(10-15(27-2)18(14)28-3)11-16-19(23)22(21(29)30-16)17(20(24)25)13-7-5-4-6-8-13/h4-11,17H,1-3H3,(H,24,25)/b16-11-/t17-/m0/s1. The molecule has 156 valence electrons. The van der Waals surface area contributed by atoms with E-state index in [1.54, 1.807) is 48.5 Å². The molecule has 7 nitrogen and oxygen atoms in total. The molecule has 1 heterocycles. The molecule has 0 spiro atoms. The molecule has 1 atom stereocenters. The van der Waals surface area contributed by atoms with Crippen molar-refractivity contribution >= 4 is 46.3 Å². The number of ether oxygens (including phenoxy) is 3. The highest BCUT2D eigenvalue weighted by Gasteiger charge is 2.41. The average molecular weight is 446 g/mol. The molecule has 2 aromatic rings. The Labute approximate surface area is 183 Å². The number of thioether (sulfide) groups is 1. The van der Waals surface area contributed by atoms with Crippen molar-refractivity contribution < 1.29 is 28.9 Å². The number of carboxylic acids is 1. The predicted molar refractivity (Wildman–Crippen MR) is 118 cm³/mol. The Kier molecular flexibility index (Phi) is 6.63. The molecule has 0 radical (unpaired) electrons. The molecule has 1 saturated heterocycles. The number of hydrogen-bond donors (Lipinski definition) is 1. The van der Waals surface area contributed by atoms with E-state index in [4.69, 9.17) is 26.4 Å². The van der Waals surface area contributed by atoms with E-state index in [9.17, 15) is 14.7 Å². The van der Waals surface area contributed by atoms with Crippen molar-refractivity contribution in [1.29, 1.82) is 0 Å². The van der Waals surface area contributed by atoms with Gasteiger partial charge < -0.3 is 19.3 Å². The predicted octanol–water partition coefficient (Wildman–Crippen LogP) is 3.74. The Morgan fingerprint density at radius 1 is 1.10 bits per heavy atom. The van der Waals surface area contributed by atoms with Crippen LogP contribution in [0.3, 0.4) is 0 Å². The second-order valence-electron chi connectivity index (χ2n) is 6.16. The highest BCUT2D eigenvalue weighted by atomic mass is 32.2. The van der Waals surface area contributed by atoms with Crippen molar-refractivity contribution in [1.82, 2.24) is 4.90 Å². The summed E-state index contributed by atoms with van der Waals surface area (Å²) in [5.74, 6) is -0.334. The molecule has 1 aliphatic rings. The molecule has 1 amide bonds. The molecular weight excluding hydrogens is 426 g/mol. The quantitative estimate of drug-likeness (QED) is 0.510. The van der Waals surface area contributed by atoms with Crippen molar-refractivity contribution in [3.05, 3.63) is 58.5 Å². The largest absolute Gasteiger partial charge is 0.493 e. The zero-order valence-corrected chi connectivity index (χ0v) is 18.1. The minimum Gasteiger partial charge on any atom is -0.493 e. The first kappa shape index (κ1) is 21.7. The Balaban J connectivity index is 2.00. The maximum Gasteiger partial charge on any atom is 0.331 e. The summed E-state index contributed by atoms with van der Waals surface area (Å²) in [6, 6.07) is 10.7. The SMILES string of the molecule is COc1cc(/C=C2\SC(=S)N([C@H](C(=O)O)c3ccccc3)C2=O)cc(OC)c1OC. The molecule has 0 unspecified atom stereocenters. The summed E-state index contributed by atoms with van der Waals surface area (Å²) in [7, 11) is 4.50. The van der Waals surface area contributed by atoms with E-state index in [2.05, 4.69) is 0 Å². The van der Waals surface area contributed by atoms with Gasteiger partial charge in [-0.25, -0.2) is 4.79 Å². The number of carbonyl (C=O) groups is 2. The second kappa shape index (κ2) is 9.19. The van der Waals surface area contributed by atoms with Crippen LogP contribution < -0.4 is 14.2 Å². The van der Waals surface area contributed by atoms with E-state index in [1.807, 2.05) is 0 Å². The average Bonchev–Trinajstić information content (AvgIpc) is 3.01. The highest BCUT2D eigenvalue weighted by molar-refractivity contribution is 8.26. The van der Waals surface area contributed by atoms with Crippen LogP contribution in [0.1, 0.15) is 17.2 Å². The van der Waals surface area contributed by atoms with E-state index in [-0.39, 0.29) is 4.32 Å². The van der Waals surface area contributed by atoms with Crippen LogP contribution in [-0.4, -0.2) is 47.5 Å². The number of thiocarbonyl (C=S) groups is 1. The monoisotopic (exact) mass is 445 g/mol. The lowest BCUT2D eigenvalue weighted by Gasteiger charge is -2.23. The third-order valence-electron chi connectivity index (χ3n) is 4.42. The molecule has 0 aliphatic carbocycles. The number of amides is 1. The summed E-state index contributed by atoms with van der Waals surface area (Å²) in [6.07, 6.45) is 1.62. The van der Waals surface area contributed by atoms with Gasteiger partial charge in [-0.05, 0) is 29.3 Å². The zero-order valence-electron chi connectivity index (χ0n) is 16.4. The Morgan fingerprint density at radius 3 is 2.20 bits per heavy atom. The highest BCUT2D eigenvalue weighted by Crippen LogP contribution is 2.41. The van der Waals surface area contributed by atoms with Crippen LogP contribution in [0.2, 0.25) is 0 Å². The number of hydrogen-bond acceptors (Lipinski definition) is 7. The summed E-state index contributed by atoms with van der Waals surface area (Å²) < 4.78 is 16.2. The molecule has 30 heavy (non-hydrogen) atoms. The first-order chi connectivity index (χ1) is 14.4. The third kappa shape index (κ3) is 4.12. The van der Waals surface area contributed by atoms with E-state index in [1.165, 1.54) is 21.3 Å². The van der Waals surface area contributed by atoms with Gasteiger partial charge in [0.05, 0.1) is 26.2 Å². The number of benzene rings is 2. The number of carbonyl (C=O) groups excluding carboxylic acids is 1. The second-order valence-corrected chi connectivity index (χ2v) is 7.84. The normalized spacial score (nSPS) is 16.0. The first-order valence-corrected chi connectivity index (χ1v) is 9.98. The van der Waals surface area contributed by atoms with E-state index in [0.717, 1.165) is 16.7 Å². The fourth-order valence-electron chi connectivity index (χ4n) is 3.08. The summed E-state index contributed by atoms with van der Waals surface area (Å²) in [5, 5.41) is 9.76. The van der Waals surface area contributed by atoms with Gasteiger partial charge in [0.2, 0.25) is 5.75 Å². The van der Waals surface area contributed by atoms with Crippen LogP contribution >= 0.6 is 24.0 Å². The molecule has 2 aromatic carbocycles. The first-order valence-electron chi connectivity index (χ1n) is 8.76. The Morgan fingerprint density at radius 2 is 1.70 bits per heavy atom. The van der Waals surface area contributed by atoms with Crippen molar-refractivity contribution in [3.8, 4) is 17.2 Å². The van der Waals surface area contributed by atoms with Crippen LogP contribution in [0.5, 0.6) is 17.2 Å². The fourth-order valence-corrected chi connectivity index (χ4v) is 4.39. The molecule has 0 saturated carbocycles. The van der Waals surface area contributed by atoms with Gasteiger partial charge in [-0.2, -0.15) is 0 Å². The van der Waals surface area contributed by atoms with Crippen LogP contribution in [0, 0.1) is 0 Å². The van der Waals surface area contributed by atoms with E-state index >= 15 is 0 Å². The lowest BCUT2D eigenvalue weighted by molar-refractivity contribution is -0.145. The summed E-state index contributed by atoms with van der Waals surface area (Å²) >= 11 is 6.38. The van der Waals surface area contributed by atoms with Gasteiger partial charge in [0.15, 0.2) is 17.5 Å². The number of rotatable bonds is 7.